The molecule has 2 heteroatoms. The summed E-state index contributed by atoms with van der Waals surface area (Å²) in [7, 11) is 1.60. The topological polar surface area (TPSA) is 29.1 Å². The number of hydrogen-bond donors (Lipinski definition) is 1. The van der Waals surface area contributed by atoms with E-state index in [9.17, 15) is 4.79 Å². The molecule has 0 unspecified atom stereocenters. The third-order valence-electron chi connectivity index (χ3n) is 1.72. The molecule has 1 aromatic carbocycles. The van der Waals surface area contributed by atoms with Crippen LogP contribution in [-0.2, 0) is 4.79 Å². The van der Waals surface area contributed by atoms with Gasteiger partial charge in [-0.15, -0.1) is 0 Å². The maximum Gasteiger partial charge on any atom is 0.216 e. The zero-order valence-corrected chi connectivity index (χ0v) is 9.64. The zero-order valence-electron chi connectivity index (χ0n) is 9.64. The number of carbonyl (C=O) groups excluding carboxylic acids is 1. The summed E-state index contributed by atoms with van der Waals surface area (Å²) in [4.78, 5) is 9.70. The molecule has 0 spiro atoms. The van der Waals surface area contributed by atoms with Gasteiger partial charge in [-0.2, -0.15) is 0 Å². The maximum atomic E-state index is 9.70. The summed E-state index contributed by atoms with van der Waals surface area (Å²) in [6, 6.07) is 6.56. The molecule has 1 amide bonds. The van der Waals surface area contributed by atoms with Gasteiger partial charge in [0, 0.05) is 14.0 Å². The molecule has 0 fully saturated rings. The van der Waals surface area contributed by atoms with Gasteiger partial charge < -0.3 is 5.32 Å². The molecule has 0 saturated carbocycles. The Kier molecular flexibility index (Phi) is 5.61. The van der Waals surface area contributed by atoms with Crippen molar-refractivity contribution in [2.24, 2.45) is 0 Å². The zero-order chi connectivity index (χ0) is 11.1. The SMILES string of the molecule is CNC(C)=O.Cc1cc(C)cc(C)c1. The van der Waals surface area contributed by atoms with Crippen LogP contribution in [0.25, 0.3) is 0 Å². The van der Waals surface area contributed by atoms with Gasteiger partial charge in [0.15, 0.2) is 0 Å². The van der Waals surface area contributed by atoms with Gasteiger partial charge in [-0.3, -0.25) is 4.79 Å². The first-order valence-electron chi connectivity index (χ1n) is 4.69. The van der Waals surface area contributed by atoms with Gasteiger partial charge in [0.05, 0.1) is 0 Å². The van der Waals surface area contributed by atoms with E-state index in [4.69, 9.17) is 0 Å². The molecule has 78 valence electrons. The summed E-state index contributed by atoms with van der Waals surface area (Å²) < 4.78 is 0. The first-order chi connectivity index (χ1) is 6.45. The van der Waals surface area contributed by atoms with Crippen molar-refractivity contribution in [1.82, 2.24) is 5.32 Å². The minimum atomic E-state index is 0.00463. The van der Waals surface area contributed by atoms with E-state index < -0.39 is 0 Å². The fourth-order valence-electron chi connectivity index (χ4n) is 1.20. The van der Waals surface area contributed by atoms with Gasteiger partial charge in [-0.05, 0) is 20.8 Å². The first kappa shape index (κ1) is 12.7. The fraction of sp³-hybridized carbons (Fsp3) is 0.417. The lowest BCUT2D eigenvalue weighted by Gasteiger charge is -1.96. The average molecular weight is 193 g/mol. The molecule has 0 bridgehead atoms. The van der Waals surface area contributed by atoms with Crippen LogP contribution >= 0.6 is 0 Å². The molecule has 0 aromatic heterocycles. The lowest BCUT2D eigenvalue weighted by atomic mass is 10.1. The predicted octanol–water partition coefficient (Wildman–Crippen LogP) is 2.36. The highest BCUT2D eigenvalue weighted by atomic mass is 16.1. The third-order valence-corrected chi connectivity index (χ3v) is 1.72. The molecular formula is C12H19NO. The number of rotatable bonds is 0. The monoisotopic (exact) mass is 193 g/mol. The molecule has 0 aliphatic carbocycles. The molecule has 0 radical (unpaired) electrons. The highest BCUT2D eigenvalue weighted by Crippen LogP contribution is 2.06. The fourth-order valence-corrected chi connectivity index (χ4v) is 1.20. The van der Waals surface area contributed by atoms with Crippen LogP contribution in [0.15, 0.2) is 18.2 Å². The van der Waals surface area contributed by atoms with Crippen molar-refractivity contribution >= 4 is 5.91 Å². The minimum absolute atomic E-state index is 0.00463. The van der Waals surface area contributed by atoms with Gasteiger partial charge in [-0.25, -0.2) is 0 Å². The van der Waals surface area contributed by atoms with Crippen molar-refractivity contribution in [1.29, 1.82) is 0 Å². The van der Waals surface area contributed by atoms with Gasteiger partial charge >= 0.3 is 0 Å². The van der Waals surface area contributed by atoms with Gasteiger partial charge in [0.25, 0.3) is 0 Å². The molecule has 0 atom stereocenters. The third kappa shape index (κ3) is 6.23. The van der Waals surface area contributed by atoms with E-state index in [1.165, 1.54) is 23.6 Å². The minimum Gasteiger partial charge on any atom is -0.359 e. The van der Waals surface area contributed by atoms with E-state index in [2.05, 4.69) is 44.3 Å². The normalized spacial score (nSPS) is 8.64. The molecule has 0 saturated heterocycles. The molecule has 0 heterocycles. The smallest absolute Gasteiger partial charge is 0.216 e. The second-order valence-electron chi connectivity index (χ2n) is 3.47. The summed E-state index contributed by atoms with van der Waals surface area (Å²) in [5.74, 6) is 0.00463. The van der Waals surface area contributed by atoms with Crippen molar-refractivity contribution < 1.29 is 4.79 Å². The number of carbonyl (C=O) groups is 1. The summed E-state index contributed by atoms with van der Waals surface area (Å²) in [5, 5.41) is 2.39. The van der Waals surface area contributed by atoms with Crippen LogP contribution in [0.3, 0.4) is 0 Å². The van der Waals surface area contributed by atoms with E-state index in [1.807, 2.05) is 0 Å². The van der Waals surface area contributed by atoms with Crippen LogP contribution < -0.4 is 5.32 Å². The number of aryl methyl sites for hydroxylation is 3. The Bertz CT molecular complexity index is 255. The van der Waals surface area contributed by atoms with Crippen molar-refractivity contribution in [3.8, 4) is 0 Å². The second-order valence-corrected chi connectivity index (χ2v) is 3.47. The van der Waals surface area contributed by atoms with Crippen molar-refractivity contribution in [3.63, 3.8) is 0 Å². The first-order valence-corrected chi connectivity index (χ1v) is 4.69. The largest absolute Gasteiger partial charge is 0.359 e. The lowest BCUT2D eigenvalue weighted by Crippen LogP contribution is -2.11. The molecule has 14 heavy (non-hydrogen) atoms. The Morgan fingerprint density at radius 2 is 1.21 bits per heavy atom. The van der Waals surface area contributed by atoms with E-state index in [0.29, 0.717) is 0 Å². The van der Waals surface area contributed by atoms with E-state index in [-0.39, 0.29) is 5.91 Å². The number of hydrogen-bond acceptors (Lipinski definition) is 1. The summed E-state index contributed by atoms with van der Waals surface area (Å²) in [6.45, 7) is 7.85. The highest BCUT2D eigenvalue weighted by Gasteiger charge is 1.87. The van der Waals surface area contributed by atoms with Crippen LogP contribution in [0.5, 0.6) is 0 Å². The Hall–Kier alpha value is -1.31. The molecular weight excluding hydrogens is 174 g/mol. The summed E-state index contributed by atoms with van der Waals surface area (Å²) in [5.41, 5.74) is 4.06. The molecule has 2 nitrogen and oxygen atoms in total. The molecule has 0 aliphatic heterocycles. The number of benzene rings is 1. The summed E-state index contributed by atoms with van der Waals surface area (Å²) in [6.07, 6.45) is 0. The van der Waals surface area contributed by atoms with Gasteiger partial charge in [0.1, 0.15) is 0 Å². The quantitative estimate of drug-likeness (QED) is 0.673. The second kappa shape index (κ2) is 6.19. The van der Waals surface area contributed by atoms with Crippen molar-refractivity contribution in [2.45, 2.75) is 27.7 Å². The number of amides is 1. The Morgan fingerprint density at radius 1 is 1.00 bits per heavy atom. The predicted molar refractivity (Wildman–Crippen MR) is 60.4 cm³/mol. The Labute approximate surface area is 86.3 Å². The molecule has 0 aliphatic rings. The Balaban J connectivity index is 0.000000292. The van der Waals surface area contributed by atoms with Crippen LogP contribution in [0.2, 0.25) is 0 Å². The summed E-state index contributed by atoms with van der Waals surface area (Å²) >= 11 is 0. The van der Waals surface area contributed by atoms with Gasteiger partial charge in [0.2, 0.25) is 5.91 Å². The van der Waals surface area contributed by atoms with Crippen LogP contribution in [0.1, 0.15) is 23.6 Å². The lowest BCUT2D eigenvalue weighted by molar-refractivity contribution is -0.118. The standard InChI is InChI=1S/C9H12.C3H7NO/c1-7-4-8(2)6-9(3)5-7;1-3(5)4-2/h4-6H,1-3H3;1-2H3,(H,4,5). The molecule has 1 rings (SSSR count). The van der Waals surface area contributed by atoms with Gasteiger partial charge in [-0.1, -0.05) is 34.9 Å². The Morgan fingerprint density at radius 3 is 1.36 bits per heavy atom. The van der Waals surface area contributed by atoms with Crippen molar-refractivity contribution in [2.75, 3.05) is 7.05 Å². The van der Waals surface area contributed by atoms with E-state index in [1.54, 1.807) is 7.05 Å². The van der Waals surface area contributed by atoms with E-state index >= 15 is 0 Å². The van der Waals surface area contributed by atoms with Crippen molar-refractivity contribution in [3.05, 3.63) is 34.9 Å². The van der Waals surface area contributed by atoms with E-state index in [0.717, 1.165) is 0 Å². The highest BCUT2D eigenvalue weighted by molar-refractivity contribution is 5.72. The van der Waals surface area contributed by atoms with Crippen LogP contribution in [0.4, 0.5) is 0 Å². The number of nitrogens with one attached hydrogen (secondary N) is 1. The van der Waals surface area contributed by atoms with Crippen LogP contribution in [-0.4, -0.2) is 13.0 Å². The maximum absolute atomic E-state index is 9.70. The average Bonchev–Trinajstić information content (AvgIpc) is 2.02. The molecule has 1 N–H and O–H groups in total. The molecule has 1 aromatic rings. The van der Waals surface area contributed by atoms with Crippen LogP contribution in [0, 0.1) is 20.8 Å².